The van der Waals surface area contributed by atoms with E-state index < -0.39 is 36.2 Å². The summed E-state index contributed by atoms with van der Waals surface area (Å²) in [6.07, 6.45) is 1.76. The molecule has 1 aliphatic rings. The van der Waals surface area contributed by atoms with Crippen LogP contribution in [0.25, 0.3) is 6.08 Å². The van der Waals surface area contributed by atoms with Crippen LogP contribution in [0.1, 0.15) is 25.8 Å². The number of hydrogen-bond acceptors (Lipinski definition) is 7. The number of nitrogens with zero attached hydrogens (tertiary/aromatic N) is 1. The first-order chi connectivity index (χ1) is 12.8. The Labute approximate surface area is 160 Å². The lowest BCUT2D eigenvalue weighted by atomic mass is 10.2. The highest BCUT2D eigenvalue weighted by Crippen LogP contribution is 2.33. The summed E-state index contributed by atoms with van der Waals surface area (Å²) >= 11 is 0.695. The number of benzene rings is 1. The van der Waals surface area contributed by atoms with Crippen molar-refractivity contribution in [2.24, 2.45) is 0 Å². The normalized spacial score (nSPS) is 16.5. The zero-order valence-corrected chi connectivity index (χ0v) is 15.7. The average Bonchev–Trinajstić information content (AvgIpc) is 2.88. The number of esters is 1. The van der Waals surface area contributed by atoms with Crippen molar-refractivity contribution in [3.05, 3.63) is 34.7 Å². The van der Waals surface area contributed by atoms with Gasteiger partial charge in [0, 0.05) is 5.56 Å². The van der Waals surface area contributed by atoms with Crippen LogP contribution in [0.5, 0.6) is 5.75 Å². The molecule has 1 aromatic rings. The van der Waals surface area contributed by atoms with Crippen LogP contribution in [-0.2, 0) is 19.1 Å². The molecule has 2 amide bonds. The summed E-state index contributed by atoms with van der Waals surface area (Å²) in [5, 5.41) is 8.16. The molecule has 144 valence electrons. The number of carbonyl (C=O) groups excluding carboxylic acids is 3. The molecule has 0 aliphatic carbocycles. The van der Waals surface area contributed by atoms with Gasteiger partial charge in [-0.15, -0.1) is 0 Å². The highest BCUT2D eigenvalue weighted by Gasteiger charge is 2.37. The second kappa shape index (κ2) is 9.22. The minimum atomic E-state index is -1.13. The van der Waals surface area contributed by atoms with Crippen molar-refractivity contribution in [1.82, 2.24) is 4.90 Å². The van der Waals surface area contributed by atoms with E-state index in [1.165, 1.54) is 6.08 Å². The van der Waals surface area contributed by atoms with Crippen LogP contribution in [0, 0.1) is 0 Å². The van der Waals surface area contributed by atoms with Gasteiger partial charge in [0.05, 0.1) is 11.0 Å². The Kier molecular flexibility index (Phi) is 7.00. The SMILES string of the molecule is CCC(C)OC(=O)CN1C(=O)S/C(=C/c2ccccc2OCC(=O)O)C1=O. The van der Waals surface area contributed by atoms with Crippen LogP contribution < -0.4 is 4.74 Å². The predicted molar refractivity (Wildman–Crippen MR) is 98.1 cm³/mol. The molecule has 0 aromatic heterocycles. The minimum absolute atomic E-state index is 0.114. The summed E-state index contributed by atoms with van der Waals surface area (Å²) < 4.78 is 10.3. The van der Waals surface area contributed by atoms with E-state index in [0.29, 0.717) is 23.7 Å². The number of carbonyl (C=O) groups is 4. The van der Waals surface area contributed by atoms with Gasteiger partial charge in [-0.25, -0.2) is 4.79 Å². The molecule has 1 N–H and O–H groups in total. The maximum absolute atomic E-state index is 12.5. The van der Waals surface area contributed by atoms with Gasteiger partial charge in [0.25, 0.3) is 11.1 Å². The van der Waals surface area contributed by atoms with Crippen LogP contribution in [0.2, 0.25) is 0 Å². The van der Waals surface area contributed by atoms with Crippen molar-refractivity contribution >= 4 is 40.9 Å². The van der Waals surface area contributed by atoms with Gasteiger partial charge in [0.2, 0.25) is 0 Å². The zero-order chi connectivity index (χ0) is 20.0. The van der Waals surface area contributed by atoms with E-state index in [4.69, 9.17) is 14.6 Å². The van der Waals surface area contributed by atoms with E-state index in [2.05, 4.69) is 0 Å². The van der Waals surface area contributed by atoms with Gasteiger partial charge in [-0.1, -0.05) is 25.1 Å². The molecule has 27 heavy (non-hydrogen) atoms. The van der Waals surface area contributed by atoms with Gasteiger partial charge in [-0.2, -0.15) is 0 Å². The van der Waals surface area contributed by atoms with Crippen molar-refractivity contribution < 1.29 is 33.8 Å². The number of thioether (sulfide) groups is 1. The molecule has 2 rings (SSSR count). The van der Waals surface area contributed by atoms with E-state index in [1.54, 1.807) is 31.2 Å². The molecular weight excluding hydrogens is 374 g/mol. The topological polar surface area (TPSA) is 110 Å². The minimum Gasteiger partial charge on any atom is -0.481 e. The monoisotopic (exact) mass is 393 g/mol. The summed E-state index contributed by atoms with van der Waals surface area (Å²) in [7, 11) is 0. The first-order valence-electron chi connectivity index (χ1n) is 8.20. The number of carboxylic acid groups (broad SMARTS) is 1. The Morgan fingerprint density at radius 3 is 2.67 bits per heavy atom. The Hall–Kier alpha value is -2.81. The van der Waals surface area contributed by atoms with Gasteiger partial charge in [0.15, 0.2) is 6.61 Å². The summed E-state index contributed by atoms with van der Waals surface area (Å²) in [5.74, 6) is -2.13. The standard InChI is InChI=1S/C18H19NO7S/c1-3-11(2)26-16(22)9-19-17(23)14(27-18(19)24)8-12-6-4-5-7-13(12)25-10-15(20)21/h4-8,11H,3,9-10H2,1-2H3,(H,20,21)/b14-8+. The molecule has 1 saturated heterocycles. The summed E-state index contributed by atoms with van der Waals surface area (Å²) in [6, 6.07) is 6.53. The Bertz CT molecular complexity index is 790. The molecule has 1 aliphatic heterocycles. The van der Waals surface area contributed by atoms with Crippen molar-refractivity contribution in [2.45, 2.75) is 26.4 Å². The van der Waals surface area contributed by atoms with E-state index >= 15 is 0 Å². The number of carboxylic acids is 1. The summed E-state index contributed by atoms with van der Waals surface area (Å²) in [5.41, 5.74) is 0.450. The second-order valence-electron chi connectivity index (χ2n) is 5.70. The maximum Gasteiger partial charge on any atom is 0.341 e. The molecule has 0 saturated carbocycles. The Balaban J connectivity index is 2.14. The number of rotatable bonds is 8. The Morgan fingerprint density at radius 1 is 1.30 bits per heavy atom. The molecule has 0 radical (unpaired) electrons. The number of hydrogen-bond donors (Lipinski definition) is 1. The number of imide groups is 1. The second-order valence-corrected chi connectivity index (χ2v) is 6.69. The number of amides is 2. The molecule has 1 heterocycles. The Morgan fingerprint density at radius 2 is 2.00 bits per heavy atom. The largest absolute Gasteiger partial charge is 0.481 e. The third-order valence-electron chi connectivity index (χ3n) is 3.63. The number of aliphatic carboxylic acids is 1. The van der Waals surface area contributed by atoms with E-state index in [-0.39, 0.29) is 16.8 Å². The lowest BCUT2D eigenvalue weighted by Crippen LogP contribution is -2.35. The van der Waals surface area contributed by atoms with E-state index in [9.17, 15) is 19.2 Å². The first-order valence-corrected chi connectivity index (χ1v) is 9.02. The zero-order valence-electron chi connectivity index (χ0n) is 14.8. The van der Waals surface area contributed by atoms with Crippen molar-refractivity contribution in [3.63, 3.8) is 0 Å². The van der Waals surface area contributed by atoms with Crippen molar-refractivity contribution in [3.8, 4) is 5.75 Å². The molecule has 9 heteroatoms. The fourth-order valence-corrected chi connectivity index (χ4v) is 2.95. The van der Waals surface area contributed by atoms with Gasteiger partial charge in [-0.05, 0) is 37.2 Å². The third-order valence-corrected chi connectivity index (χ3v) is 4.53. The summed E-state index contributed by atoms with van der Waals surface area (Å²) in [4.78, 5) is 48.0. The van der Waals surface area contributed by atoms with Crippen LogP contribution in [0.4, 0.5) is 4.79 Å². The lowest BCUT2D eigenvalue weighted by molar-refractivity contribution is -0.150. The number of para-hydroxylation sites is 1. The number of ether oxygens (including phenoxy) is 2. The fourth-order valence-electron chi connectivity index (χ4n) is 2.12. The van der Waals surface area contributed by atoms with Gasteiger partial charge < -0.3 is 14.6 Å². The molecule has 1 atom stereocenters. The van der Waals surface area contributed by atoms with Crippen molar-refractivity contribution in [1.29, 1.82) is 0 Å². The molecule has 0 spiro atoms. The maximum atomic E-state index is 12.5. The lowest BCUT2D eigenvalue weighted by Gasteiger charge is -2.14. The molecule has 1 fully saturated rings. The molecule has 0 bridgehead atoms. The van der Waals surface area contributed by atoms with Crippen LogP contribution in [-0.4, -0.2) is 52.3 Å². The van der Waals surface area contributed by atoms with Crippen LogP contribution in [0.15, 0.2) is 29.2 Å². The highest BCUT2D eigenvalue weighted by molar-refractivity contribution is 8.18. The molecule has 8 nitrogen and oxygen atoms in total. The van der Waals surface area contributed by atoms with Gasteiger partial charge in [-0.3, -0.25) is 19.3 Å². The average molecular weight is 393 g/mol. The smallest absolute Gasteiger partial charge is 0.341 e. The van der Waals surface area contributed by atoms with Gasteiger partial charge in [0.1, 0.15) is 12.3 Å². The highest BCUT2D eigenvalue weighted by atomic mass is 32.2. The van der Waals surface area contributed by atoms with Crippen LogP contribution >= 0.6 is 11.8 Å². The van der Waals surface area contributed by atoms with Crippen LogP contribution in [0.3, 0.4) is 0 Å². The van der Waals surface area contributed by atoms with E-state index in [1.807, 2.05) is 6.92 Å². The quantitative estimate of drug-likeness (QED) is 0.530. The summed E-state index contributed by atoms with van der Waals surface area (Å²) in [6.45, 7) is 2.58. The molecule has 1 aromatic carbocycles. The fraction of sp³-hybridized carbons (Fsp3) is 0.333. The van der Waals surface area contributed by atoms with Crippen molar-refractivity contribution in [2.75, 3.05) is 13.2 Å². The predicted octanol–water partition coefficient (Wildman–Crippen LogP) is 2.53. The molecular formula is C18H19NO7S. The van der Waals surface area contributed by atoms with Gasteiger partial charge >= 0.3 is 11.9 Å². The first kappa shape index (κ1) is 20.5. The molecule has 1 unspecified atom stereocenters. The van der Waals surface area contributed by atoms with E-state index in [0.717, 1.165) is 4.90 Å². The third kappa shape index (κ3) is 5.58.